The van der Waals surface area contributed by atoms with Crippen LogP contribution in [0, 0.1) is 0 Å². The Morgan fingerprint density at radius 3 is 2.38 bits per heavy atom. The maximum absolute atomic E-state index is 3.65. The van der Waals surface area contributed by atoms with Gasteiger partial charge < -0.3 is 0 Å². The van der Waals surface area contributed by atoms with E-state index in [2.05, 4.69) is 18.1 Å². The molecule has 0 amide bonds. The average molecular weight is 112 g/mol. The van der Waals surface area contributed by atoms with Gasteiger partial charge in [-0.3, -0.25) is 0 Å². The fourth-order valence-corrected chi connectivity index (χ4v) is 0.584. The lowest BCUT2D eigenvalue weighted by Gasteiger charge is -1.88. The molecule has 0 saturated carbocycles. The molecular weight excluding hydrogens is 98.1 g/mol. The lowest BCUT2D eigenvalue weighted by molar-refractivity contribution is -0.452. The van der Waals surface area contributed by atoms with Gasteiger partial charge in [0.2, 0.25) is 0 Å². The normalized spacial score (nSPS) is 11.5. The summed E-state index contributed by atoms with van der Waals surface area (Å²) in [5.41, 5.74) is 0. The molecule has 0 N–H and O–H groups in total. The van der Waals surface area contributed by atoms with Crippen LogP contribution in [0.15, 0.2) is 12.8 Å². The second kappa shape index (κ2) is 4.57. The highest BCUT2D eigenvalue weighted by molar-refractivity contribution is 5.46. The maximum Gasteiger partial charge on any atom is 0.161 e. The molecule has 0 atom stereocenters. The molecule has 1 heteroatoms. The van der Waals surface area contributed by atoms with Crippen molar-refractivity contribution in [1.82, 2.24) is 0 Å². The summed E-state index contributed by atoms with van der Waals surface area (Å²) in [5, 5.41) is 0. The fraction of sp³-hybridized carbons (Fsp3) is 0.571. The maximum atomic E-state index is 3.65. The van der Waals surface area contributed by atoms with E-state index in [9.17, 15) is 0 Å². The number of hydrogen-bond donors (Lipinski definition) is 0. The highest BCUT2D eigenvalue weighted by Crippen LogP contribution is 1.78. The second-order valence-corrected chi connectivity index (χ2v) is 1.68. The Kier molecular flexibility index (Phi) is 4.23. The van der Waals surface area contributed by atoms with E-state index in [-0.39, 0.29) is 0 Å². The number of hydrogen-bond acceptors (Lipinski definition) is 0. The van der Waals surface area contributed by atoms with Gasteiger partial charge in [0, 0.05) is 13.3 Å². The molecule has 0 aromatic carbocycles. The summed E-state index contributed by atoms with van der Waals surface area (Å²) in [6.45, 7) is 8.89. The smallest absolute Gasteiger partial charge is 0.161 e. The van der Waals surface area contributed by atoms with Crippen molar-refractivity contribution in [1.29, 1.82) is 0 Å². The predicted molar refractivity (Wildman–Crippen MR) is 37.4 cm³/mol. The van der Waals surface area contributed by atoms with E-state index >= 15 is 0 Å². The van der Waals surface area contributed by atoms with E-state index < -0.39 is 0 Å². The third-order valence-corrected chi connectivity index (χ3v) is 1.05. The molecule has 0 bridgehead atoms. The summed E-state index contributed by atoms with van der Waals surface area (Å²) >= 11 is 0. The molecule has 0 fully saturated rings. The quantitative estimate of drug-likeness (QED) is 0.385. The molecule has 0 rings (SSSR count). The Labute approximate surface area is 51.3 Å². The van der Waals surface area contributed by atoms with Crippen LogP contribution >= 0.6 is 0 Å². The minimum Gasteiger partial charge on any atom is -0.210 e. The third kappa shape index (κ3) is 2.56. The van der Waals surface area contributed by atoms with Crippen LogP contribution in [-0.4, -0.2) is 17.3 Å². The predicted octanol–water partition coefficient (Wildman–Crippen LogP) is 1.64. The monoisotopic (exact) mass is 112 g/mol. The molecule has 0 spiro atoms. The minimum atomic E-state index is 1.08. The fourth-order valence-electron chi connectivity index (χ4n) is 0.584. The van der Waals surface area contributed by atoms with Crippen molar-refractivity contribution in [2.24, 2.45) is 0 Å². The zero-order chi connectivity index (χ0) is 6.41. The largest absolute Gasteiger partial charge is 0.210 e. The van der Waals surface area contributed by atoms with Crippen molar-refractivity contribution in [2.75, 3.05) is 6.54 Å². The van der Waals surface area contributed by atoms with Crippen LogP contribution in [-0.2, 0) is 0 Å². The van der Waals surface area contributed by atoms with Gasteiger partial charge in [-0.25, -0.2) is 4.58 Å². The first-order valence-corrected chi connectivity index (χ1v) is 3.03. The van der Waals surface area contributed by atoms with Crippen molar-refractivity contribution in [3.05, 3.63) is 12.8 Å². The molecule has 8 heavy (non-hydrogen) atoms. The van der Waals surface area contributed by atoms with Gasteiger partial charge in [0.05, 0.1) is 0 Å². The first-order valence-electron chi connectivity index (χ1n) is 3.03. The Morgan fingerprint density at radius 2 is 2.25 bits per heavy atom. The van der Waals surface area contributed by atoms with E-state index in [4.69, 9.17) is 0 Å². The molecule has 46 valence electrons. The molecule has 0 aliphatic carbocycles. The lowest BCUT2D eigenvalue weighted by Crippen LogP contribution is -2.03. The number of rotatable bonds is 3. The highest BCUT2D eigenvalue weighted by atomic mass is 15.0. The Balaban J connectivity index is 3.54. The summed E-state index contributed by atoms with van der Waals surface area (Å²) in [6.07, 6.45) is 5.04. The molecule has 0 aliphatic rings. The van der Waals surface area contributed by atoms with Gasteiger partial charge in [0.15, 0.2) is 6.20 Å². The molecule has 0 radical (unpaired) electrons. The molecule has 1 nitrogen and oxygen atoms in total. The SMILES string of the molecule is C=C[N+](=CC)CCC. The van der Waals surface area contributed by atoms with Gasteiger partial charge in [0.1, 0.15) is 12.8 Å². The number of nitrogens with zero attached hydrogens (tertiary/aromatic N) is 1. The molecule has 0 aromatic rings. The summed E-state index contributed by atoms with van der Waals surface area (Å²) in [7, 11) is 0. The molecule has 0 aromatic heterocycles. The Bertz CT molecular complexity index is 92.6. The van der Waals surface area contributed by atoms with E-state index in [0.29, 0.717) is 0 Å². The van der Waals surface area contributed by atoms with E-state index in [1.165, 1.54) is 6.42 Å². The van der Waals surface area contributed by atoms with Crippen LogP contribution in [0.4, 0.5) is 0 Å². The average Bonchev–Trinajstić information content (AvgIpc) is 1.83. The first-order chi connectivity index (χ1) is 3.85. The Hall–Kier alpha value is -0.590. The molecule has 0 heterocycles. The van der Waals surface area contributed by atoms with Gasteiger partial charge in [-0.2, -0.15) is 0 Å². The van der Waals surface area contributed by atoms with Gasteiger partial charge >= 0.3 is 0 Å². The molecule has 0 aliphatic heterocycles. The van der Waals surface area contributed by atoms with Gasteiger partial charge in [0.25, 0.3) is 0 Å². The second-order valence-electron chi connectivity index (χ2n) is 1.68. The van der Waals surface area contributed by atoms with Gasteiger partial charge in [-0.05, 0) is 6.58 Å². The summed E-state index contributed by atoms with van der Waals surface area (Å²) in [4.78, 5) is 0. The highest BCUT2D eigenvalue weighted by Gasteiger charge is 1.89. The van der Waals surface area contributed by atoms with Crippen molar-refractivity contribution < 1.29 is 4.58 Å². The van der Waals surface area contributed by atoms with Crippen LogP contribution in [0.5, 0.6) is 0 Å². The summed E-state index contributed by atoms with van der Waals surface area (Å²) < 4.78 is 2.07. The van der Waals surface area contributed by atoms with Gasteiger partial charge in [-0.15, -0.1) is 0 Å². The van der Waals surface area contributed by atoms with Crippen molar-refractivity contribution in [3.8, 4) is 0 Å². The van der Waals surface area contributed by atoms with E-state index in [1.54, 1.807) is 0 Å². The first kappa shape index (κ1) is 7.41. The van der Waals surface area contributed by atoms with Crippen LogP contribution in [0.1, 0.15) is 20.3 Å². The summed E-state index contributed by atoms with van der Waals surface area (Å²) in [6, 6.07) is 0. The minimum absolute atomic E-state index is 1.08. The van der Waals surface area contributed by atoms with E-state index in [0.717, 1.165) is 6.54 Å². The molecular formula is C7H14N+. The van der Waals surface area contributed by atoms with Crippen LogP contribution < -0.4 is 0 Å². The molecule has 0 saturated heterocycles. The zero-order valence-corrected chi connectivity index (χ0v) is 5.72. The van der Waals surface area contributed by atoms with Crippen molar-refractivity contribution in [2.45, 2.75) is 20.3 Å². The third-order valence-electron chi connectivity index (χ3n) is 1.05. The van der Waals surface area contributed by atoms with Crippen molar-refractivity contribution >= 4 is 6.21 Å². The topological polar surface area (TPSA) is 3.01 Å². The summed E-state index contributed by atoms with van der Waals surface area (Å²) in [5.74, 6) is 0. The van der Waals surface area contributed by atoms with E-state index in [1.807, 2.05) is 19.3 Å². The van der Waals surface area contributed by atoms with Crippen molar-refractivity contribution in [3.63, 3.8) is 0 Å². The van der Waals surface area contributed by atoms with Crippen LogP contribution in [0.25, 0.3) is 0 Å². The lowest BCUT2D eigenvalue weighted by atomic mass is 10.5. The zero-order valence-electron chi connectivity index (χ0n) is 5.72. The standard InChI is InChI=1S/C7H14N/c1-4-7-8(5-2)6-3/h5-6H,2,4,7H2,1,3H3/q+1. The Morgan fingerprint density at radius 1 is 1.62 bits per heavy atom. The van der Waals surface area contributed by atoms with Crippen LogP contribution in [0.3, 0.4) is 0 Å². The van der Waals surface area contributed by atoms with Crippen LogP contribution in [0.2, 0.25) is 0 Å². The van der Waals surface area contributed by atoms with Gasteiger partial charge in [-0.1, -0.05) is 6.92 Å². The molecule has 0 unspecified atom stereocenters.